The largest absolute Gasteiger partial charge is 0.475 e. The first-order chi connectivity index (χ1) is 11.7. The van der Waals surface area contributed by atoms with Crippen LogP contribution in [0.1, 0.15) is 19.0 Å². The van der Waals surface area contributed by atoms with Crippen LogP contribution in [-0.4, -0.2) is 50.2 Å². The Morgan fingerprint density at radius 2 is 2.25 bits per heavy atom. The quantitative estimate of drug-likeness (QED) is 0.430. The van der Waals surface area contributed by atoms with E-state index in [4.69, 9.17) is 19.0 Å². The average molecular weight is 334 g/mol. The zero-order valence-electron chi connectivity index (χ0n) is 14.2. The Kier molecular flexibility index (Phi) is 6.74. The third-order valence-electron chi connectivity index (χ3n) is 3.51. The summed E-state index contributed by atoms with van der Waals surface area (Å²) in [5.74, 6) is -0.0594. The standard InChI is InChI=1S/C17H22N2O5/c1-4-12-7-5-9-15(18-12)24-11-14-13(8-6-10-23-14)16(19-22-3)17(20)21-2/h5,7-9,14H,4,6,10-11H2,1-3H3. The molecule has 0 aromatic carbocycles. The van der Waals surface area contributed by atoms with Gasteiger partial charge in [0.2, 0.25) is 5.88 Å². The van der Waals surface area contributed by atoms with Crippen molar-refractivity contribution in [2.24, 2.45) is 5.16 Å². The molecule has 1 aliphatic rings. The van der Waals surface area contributed by atoms with Crippen molar-refractivity contribution >= 4 is 11.7 Å². The smallest absolute Gasteiger partial charge is 0.360 e. The van der Waals surface area contributed by atoms with E-state index in [-0.39, 0.29) is 12.3 Å². The first-order valence-electron chi connectivity index (χ1n) is 7.79. The van der Waals surface area contributed by atoms with Gasteiger partial charge >= 0.3 is 5.97 Å². The van der Waals surface area contributed by atoms with Crippen molar-refractivity contribution in [3.05, 3.63) is 35.5 Å². The van der Waals surface area contributed by atoms with Gasteiger partial charge in [0.25, 0.3) is 0 Å². The predicted octanol–water partition coefficient (Wildman–Crippen LogP) is 1.91. The normalized spacial score (nSPS) is 17.9. The Morgan fingerprint density at radius 1 is 1.42 bits per heavy atom. The van der Waals surface area contributed by atoms with Gasteiger partial charge in [-0.05, 0) is 18.9 Å². The molecular weight excluding hydrogens is 312 g/mol. The van der Waals surface area contributed by atoms with Gasteiger partial charge in [-0.25, -0.2) is 9.78 Å². The van der Waals surface area contributed by atoms with Crippen LogP contribution in [0.25, 0.3) is 0 Å². The van der Waals surface area contributed by atoms with Crippen LogP contribution in [-0.2, 0) is 25.5 Å². The van der Waals surface area contributed by atoms with Gasteiger partial charge in [0.15, 0.2) is 5.71 Å². The number of ether oxygens (including phenoxy) is 3. The third-order valence-corrected chi connectivity index (χ3v) is 3.51. The monoisotopic (exact) mass is 334 g/mol. The molecule has 24 heavy (non-hydrogen) atoms. The fourth-order valence-corrected chi connectivity index (χ4v) is 2.32. The number of rotatable bonds is 7. The van der Waals surface area contributed by atoms with Gasteiger partial charge in [-0.3, -0.25) is 0 Å². The number of hydrogen-bond acceptors (Lipinski definition) is 7. The van der Waals surface area contributed by atoms with Gasteiger partial charge in [0, 0.05) is 17.3 Å². The summed E-state index contributed by atoms with van der Waals surface area (Å²) < 4.78 is 16.2. The summed E-state index contributed by atoms with van der Waals surface area (Å²) in [5.41, 5.74) is 1.63. The van der Waals surface area contributed by atoms with Crippen LogP contribution in [0.4, 0.5) is 0 Å². The summed E-state index contributed by atoms with van der Waals surface area (Å²) in [6, 6.07) is 5.62. The highest BCUT2D eigenvalue weighted by atomic mass is 16.6. The Labute approximate surface area is 141 Å². The van der Waals surface area contributed by atoms with Crippen LogP contribution in [0, 0.1) is 0 Å². The molecular formula is C17H22N2O5. The van der Waals surface area contributed by atoms with Crippen molar-refractivity contribution in [2.45, 2.75) is 25.9 Å². The van der Waals surface area contributed by atoms with Gasteiger partial charge in [-0.1, -0.05) is 24.2 Å². The number of aryl methyl sites for hydroxylation is 1. The SMILES string of the molecule is CCc1cccc(OCC2OCCC=C2C(=NOC)C(=O)OC)n1. The molecule has 2 heterocycles. The van der Waals surface area contributed by atoms with Crippen molar-refractivity contribution in [3.8, 4) is 5.88 Å². The van der Waals surface area contributed by atoms with Crippen LogP contribution in [0.15, 0.2) is 35.0 Å². The Balaban J connectivity index is 2.12. The molecule has 1 atom stereocenters. The summed E-state index contributed by atoms with van der Waals surface area (Å²) in [6.45, 7) is 2.79. The fraction of sp³-hybridized carbons (Fsp3) is 0.471. The number of oxime groups is 1. The molecule has 0 saturated carbocycles. The lowest BCUT2D eigenvalue weighted by molar-refractivity contribution is -0.132. The van der Waals surface area contributed by atoms with Crippen LogP contribution >= 0.6 is 0 Å². The Hall–Kier alpha value is -2.41. The second-order valence-electron chi connectivity index (χ2n) is 5.05. The van der Waals surface area contributed by atoms with Gasteiger partial charge in [0.05, 0.1) is 13.7 Å². The third kappa shape index (κ3) is 4.55. The zero-order valence-corrected chi connectivity index (χ0v) is 14.2. The molecule has 1 aliphatic heterocycles. The summed E-state index contributed by atoms with van der Waals surface area (Å²) in [4.78, 5) is 21.1. The van der Waals surface area contributed by atoms with E-state index in [0.717, 1.165) is 12.1 Å². The highest BCUT2D eigenvalue weighted by molar-refractivity contribution is 6.43. The number of carbonyl (C=O) groups excluding carboxylic acids is 1. The second-order valence-corrected chi connectivity index (χ2v) is 5.05. The first-order valence-corrected chi connectivity index (χ1v) is 7.79. The van der Waals surface area contributed by atoms with Crippen LogP contribution in [0.3, 0.4) is 0 Å². The lowest BCUT2D eigenvalue weighted by Crippen LogP contribution is -2.34. The summed E-state index contributed by atoms with van der Waals surface area (Å²) in [6.07, 6.45) is 2.95. The first kappa shape index (κ1) is 17.9. The van der Waals surface area contributed by atoms with E-state index >= 15 is 0 Å². The molecule has 1 unspecified atom stereocenters. The van der Waals surface area contributed by atoms with E-state index < -0.39 is 12.1 Å². The molecule has 0 radical (unpaired) electrons. The fourth-order valence-electron chi connectivity index (χ4n) is 2.32. The topological polar surface area (TPSA) is 79.2 Å². The number of hydrogen-bond donors (Lipinski definition) is 0. The van der Waals surface area contributed by atoms with E-state index in [2.05, 4.69) is 10.1 Å². The molecule has 1 aromatic rings. The molecule has 0 fully saturated rings. The van der Waals surface area contributed by atoms with Gasteiger partial charge < -0.3 is 19.0 Å². The minimum atomic E-state index is -0.579. The molecule has 7 nitrogen and oxygen atoms in total. The van der Waals surface area contributed by atoms with Gasteiger partial charge in [-0.15, -0.1) is 0 Å². The molecule has 0 aliphatic carbocycles. The molecule has 0 spiro atoms. The maximum atomic E-state index is 11.9. The number of nitrogens with zero attached hydrogens (tertiary/aromatic N) is 2. The number of pyridine rings is 1. The maximum absolute atomic E-state index is 11.9. The summed E-state index contributed by atoms with van der Waals surface area (Å²) >= 11 is 0. The molecule has 2 rings (SSSR count). The number of carbonyl (C=O) groups is 1. The van der Waals surface area contributed by atoms with Crippen molar-refractivity contribution in [2.75, 3.05) is 27.4 Å². The summed E-state index contributed by atoms with van der Waals surface area (Å²) in [7, 11) is 2.67. The Morgan fingerprint density at radius 3 is 2.96 bits per heavy atom. The van der Waals surface area contributed by atoms with E-state index in [1.165, 1.54) is 14.2 Å². The second kappa shape index (κ2) is 9.02. The highest BCUT2D eigenvalue weighted by Gasteiger charge is 2.29. The molecule has 1 aromatic heterocycles. The minimum absolute atomic E-state index is 0.0866. The van der Waals surface area contributed by atoms with Crippen LogP contribution in [0.5, 0.6) is 5.88 Å². The number of aromatic nitrogens is 1. The van der Waals surface area contributed by atoms with E-state index in [0.29, 0.717) is 24.5 Å². The van der Waals surface area contributed by atoms with Crippen molar-refractivity contribution in [1.29, 1.82) is 0 Å². The van der Waals surface area contributed by atoms with Crippen molar-refractivity contribution in [3.63, 3.8) is 0 Å². The zero-order chi connectivity index (χ0) is 17.4. The van der Waals surface area contributed by atoms with Gasteiger partial charge in [0.1, 0.15) is 19.8 Å². The number of methoxy groups -OCH3 is 1. The summed E-state index contributed by atoms with van der Waals surface area (Å²) in [5, 5.41) is 3.77. The van der Waals surface area contributed by atoms with Crippen LogP contribution < -0.4 is 4.74 Å². The van der Waals surface area contributed by atoms with Gasteiger partial charge in [-0.2, -0.15) is 0 Å². The van der Waals surface area contributed by atoms with Crippen LogP contribution in [0.2, 0.25) is 0 Å². The van der Waals surface area contributed by atoms with Crippen molar-refractivity contribution < 1.29 is 23.8 Å². The molecule has 0 bridgehead atoms. The number of esters is 1. The molecule has 0 saturated heterocycles. The van der Waals surface area contributed by atoms with E-state index in [1.807, 2.05) is 25.1 Å². The minimum Gasteiger partial charge on any atom is -0.475 e. The molecule has 7 heteroatoms. The van der Waals surface area contributed by atoms with Crippen molar-refractivity contribution in [1.82, 2.24) is 4.98 Å². The lowest BCUT2D eigenvalue weighted by atomic mass is 10.0. The molecule has 130 valence electrons. The highest BCUT2D eigenvalue weighted by Crippen LogP contribution is 2.19. The van der Waals surface area contributed by atoms with E-state index in [1.54, 1.807) is 6.07 Å². The average Bonchev–Trinajstić information content (AvgIpc) is 2.64. The Bertz CT molecular complexity index is 627. The maximum Gasteiger partial charge on any atom is 0.360 e. The van der Waals surface area contributed by atoms with E-state index in [9.17, 15) is 4.79 Å². The molecule has 0 N–H and O–H groups in total. The predicted molar refractivity (Wildman–Crippen MR) is 88.0 cm³/mol. The molecule has 0 amide bonds. The lowest BCUT2D eigenvalue weighted by Gasteiger charge is -2.24.